The summed E-state index contributed by atoms with van der Waals surface area (Å²) in [6.45, 7) is 0.00425. The number of nitrogens with one attached hydrogen (secondary N) is 2. The van der Waals surface area contributed by atoms with Crippen molar-refractivity contribution in [2.24, 2.45) is 0 Å². The molecule has 0 bridgehead atoms. The average Bonchev–Trinajstić information content (AvgIpc) is 3.38. The van der Waals surface area contributed by atoms with Crippen molar-refractivity contribution >= 4 is 40.1 Å². The predicted octanol–water partition coefficient (Wildman–Crippen LogP) is 3.24. The van der Waals surface area contributed by atoms with Gasteiger partial charge in [0.05, 0.1) is 11.6 Å². The van der Waals surface area contributed by atoms with Crippen LogP contribution >= 0.6 is 11.6 Å². The van der Waals surface area contributed by atoms with Crippen molar-refractivity contribution in [1.82, 2.24) is 15.6 Å². The molecule has 0 radical (unpaired) electrons. The zero-order chi connectivity index (χ0) is 23.7. The van der Waals surface area contributed by atoms with E-state index in [0.29, 0.717) is 17.0 Å². The van der Waals surface area contributed by atoms with Gasteiger partial charge < -0.3 is 15.4 Å². The maximum Gasteiger partial charge on any atom is 0.251 e. The molecule has 7 nitrogen and oxygen atoms in total. The Kier molecular flexibility index (Phi) is 6.06. The first-order chi connectivity index (χ1) is 16.4. The second kappa shape index (κ2) is 9.16. The molecular formula is C26H24ClN3O4. The van der Waals surface area contributed by atoms with Gasteiger partial charge in [-0.25, -0.2) is 0 Å². The second-order valence-electron chi connectivity index (χ2n) is 8.84. The summed E-state index contributed by atoms with van der Waals surface area (Å²) < 4.78 is 5.62. The Bertz CT molecular complexity index is 1260. The molecule has 1 saturated carbocycles. The topological polar surface area (TPSA) is 97.4 Å². The normalized spacial score (nSPS) is 22.4. The number of halogens is 1. The van der Waals surface area contributed by atoms with Gasteiger partial charge in [0.2, 0.25) is 5.91 Å². The number of nitrogens with zero attached hydrogens (tertiary/aromatic N) is 1. The van der Waals surface area contributed by atoms with Crippen molar-refractivity contribution in [3.63, 3.8) is 0 Å². The van der Waals surface area contributed by atoms with E-state index in [1.54, 1.807) is 42.6 Å². The van der Waals surface area contributed by atoms with Crippen LogP contribution in [0.25, 0.3) is 10.9 Å². The monoisotopic (exact) mass is 477 g/mol. The van der Waals surface area contributed by atoms with Crippen molar-refractivity contribution < 1.29 is 19.1 Å². The van der Waals surface area contributed by atoms with E-state index in [9.17, 15) is 14.4 Å². The lowest BCUT2D eigenvalue weighted by Gasteiger charge is -2.30. The van der Waals surface area contributed by atoms with Gasteiger partial charge in [0.1, 0.15) is 18.2 Å². The van der Waals surface area contributed by atoms with E-state index in [1.807, 2.05) is 18.2 Å². The minimum Gasteiger partial charge on any atom is -0.367 e. The van der Waals surface area contributed by atoms with Crippen LogP contribution in [0, 0.1) is 0 Å². The minimum absolute atomic E-state index is 0.00425. The quantitative estimate of drug-likeness (QED) is 0.568. The van der Waals surface area contributed by atoms with Gasteiger partial charge in [-0.1, -0.05) is 29.8 Å². The molecule has 2 N–H and O–H groups in total. The van der Waals surface area contributed by atoms with Crippen molar-refractivity contribution in [2.45, 2.75) is 43.4 Å². The standard InChI is InChI=1S/C26H24ClN3O4/c27-19-8-5-16(6-9-19)13-21(25(33)30-26-11-1-4-23(26)34-15-22(26)31)29-24(32)18-7-10-20-17(14-18)3-2-12-28-20/h2-3,5-10,12,14,21,23H,1,4,11,13,15H2,(H,29,32)(H,30,33). The van der Waals surface area contributed by atoms with Crippen molar-refractivity contribution in [2.75, 3.05) is 6.61 Å². The molecule has 2 heterocycles. The lowest BCUT2D eigenvalue weighted by Crippen LogP contribution is -2.60. The number of pyridine rings is 1. The summed E-state index contributed by atoms with van der Waals surface area (Å²) in [5.74, 6) is -0.896. The second-order valence-corrected chi connectivity index (χ2v) is 9.28. The van der Waals surface area contributed by atoms with E-state index >= 15 is 0 Å². The fraction of sp³-hybridized carbons (Fsp3) is 0.308. The molecule has 2 aromatic carbocycles. The Balaban J connectivity index is 1.40. The summed E-state index contributed by atoms with van der Waals surface area (Å²) in [6.07, 6.45) is 3.70. The molecule has 1 aromatic heterocycles. The summed E-state index contributed by atoms with van der Waals surface area (Å²) in [5, 5.41) is 7.24. The maximum absolute atomic E-state index is 13.5. The average molecular weight is 478 g/mol. The van der Waals surface area contributed by atoms with Crippen molar-refractivity contribution in [3.8, 4) is 0 Å². The Morgan fingerprint density at radius 1 is 1.18 bits per heavy atom. The Morgan fingerprint density at radius 3 is 2.82 bits per heavy atom. The van der Waals surface area contributed by atoms with E-state index in [4.69, 9.17) is 16.3 Å². The number of aromatic nitrogens is 1. The van der Waals surface area contributed by atoms with Gasteiger partial charge in [0, 0.05) is 28.6 Å². The number of carbonyl (C=O) groups is 3. The molecule has 5 rings (SSSR count). The SMILES string of the molecule is O=C(NC(Cc1ccc(Cl)cc1)C(=O)NC12CCCC1OCC2=O)c1ccc2ncccc2c1. The van der Waals surface area contributed by atoms with Crippen LogP contribution in [0.1, 0.15) is 35.2 Å². The molecule has 1 aliphatic carbocycles. The van der Waals surface area contributed by atoms with Crippen LogP contribution in [-0.4, -0.2) is 46.9 Å². The molecule has 34 heavy (non-hydrogen) atoms. The number of amides is 2. The zero-order valence-corrected chi connectivity index (χ0v) is 19.2. The van der Waals surface area contributed by atoms with Gasteiger partial charge in [-0.15, -0.1) is 0 Å². The fourth-order valence-corrected chi connectivity index (χ4v) is 4.99. The first kappa shape index (κ1) is 22.5. The first-order valence-corrected chi connectivity index (χ1v) is 11.7. The Labute approximate surface area is 201 Å². The number of hydrogen-bond acceptors (Lipinski definition) is 5. The van der Waals surface area contributed by atoms with Crippen LogP contribution in [0.2, 0.25) is 5.02 Å². The molecule has 2 aliphatic rings. The molecule has 1 aliphatic heterocycles. The highest BCUT2D eigenvalue weighted by molar-refractivity contribution is 6.30. The maximum atomic E-state index is 13.5. The number of fused-ring (bicyclic) bond motifs is 2. The van der Waals surface area contributed by atoms with Crippen LogP contribution in [0.5, 0.6) is 0 Å². The van der Waals surface area contributed by atoms with Crippen LogP contribution in [0.4, 0.5) is 0 Å². The number of carbonyl (C=O) groups excluding carboxylic acids is 3. The van der Waals surface area contributed by atoms with Gasteiger partial charge >= 0.3 is 0 Å². The lowest BCUT2D eigenvalue weighted by atomic mass is 9.91. The number of ether oxygens (including phenoxy) is 1. The van der Waals surface area contributed by atoms with Gasteiger partial charge in [0.15, 0.2) is 5.78 Å². The van der Waals surface area contributed by atoms with E-state index in [-0.39, 0.29) is 30.8 Å². The number of hydrogen-bond donors (Lipinski definition) is 2. The molecule has 1 saturated heterocycles. The van der Waals surface area contributed by atoms with Gasteiger partial charge in [0.25, 0.3) is 5.91 Å². The smallest absolute Gasteiger partial charge is 0.251 e. The third-order valence-corrected chi connectivity index (χ3v) is 6.94. The molecule has 8 heteroatoms. The number of Topliss-reactive ketones (excluding diaryl/α,β-unsaturated/α-hetero) is 1. The summed E-state index contributed by atoms with van der Waals surface area (Å²) in [4.78, 5) is 43.5. The molecule has 174 valence electrons. The van der Waals surface area contributed by atoms with Gasteiger partial charge in [-0.2, -0.15) is 0 Å². The molecular weight excluding hydrogens is 454 g/mol. The third kappa shape index (κ3) is 4.29. The van der Waals surface area contributed by atoms with Crippen molar-refractivity contribution in [1.29, 1.82) is 0 Å². The number of rotatable bonds is 6. The first-order valence-electron chi connectivity index (χ1n) is 11.3. The lowest BCUT2D eigenvalue weighted by molar-refractivity contribution is -0.131. The largest absolute Gasteiger partial charge is 0.367 e. The van der Waals surface area contributed by atoms with E-state index in [2.05, 4.69) is 15.6 Å². The summed E-state index contributed by atoms with van der Waals surface area (Å²) >= 11 is 6.01. The van der Waals surface area contributed by atoms with E-state index < -0.39 is 17.5 Å². The number of benzene rings is 2. The summed E-state index contributed by atoms with van der Waals surface area (Å²) in [5.41, 5.74) is 1.03. The Morgan fingerprint density at radius 2 is 2.00 bits per heavy atom. The molecule has 2 fully saturated rings. The molecule has 3 aromatic rings. The van der Waals surface area contributed by atoms with Crippen LogP contribution in [0.3, 0.4) is 0 Å². The van der Waals surface area contributed by atoms with Crippen molar-refractivity contribution in [3.05, 3.63) is 76.9 Å². The zero-order valence-electron chi connectivity index (χ0n) is 18.4. The summed E-state index contributed by atoms with van der Waals surface area (Å²) in [6, 6.07) is 15.1. The molecule has 0 spiro atoms. The summed E-state index contributed by atoms with van der Waals surface area (Å²) in [7, 11) is 0. The van der Waals surface area contributed by atoms with Gasteiger partial charge in [-0.3, -0.25) is 19.4 Å². The highest BCUT2D eigenvalue weighted by atomic mass is 35.5. The third-order valence-electron chi connectivity index (χ3n) is 6.69. The molecule has 3 atom stereocenters. The molecule has 2 amide bonds. The van der Waals surface area contributed by atoms with Crippen LogP contribution in [0.15, 0.2) is 60.8 Å². The van der Waals surface area contributed by atoms with E-state index in [1.165, 1.54) is 0 Å². The Hall–Kier alpha value is -3.29. The highest BCUT2D eigenvalue weighted by Crippen LogP contribution is 2.37. The highest BCUT2D eigenvalue weighted by Gasteiger charge is 2.55. The van der Waals surface area contributed by atoms with Crippen LogP contribution < -0.4 is 10.6 Å². The molecule has 3 unspecified atom stereocenters. The minimum atomic E-state index is -1.01. The number of ketones is 1. The predicted molar refractivity (Wildman–Crippen MR) is 128 cm³/mol. The fourth-order valence-electron chi connectivity index (χ4n) is 4.87. The van der Waals surface area contributed by atoms with E-state index in [0.717, 1.165) is 29.3 Å². The van der Waals surface area contributed by atoms with Crippen LogP contribution in [-0.2, 0) is 20.7 Å². The van der Waals surface area contributed by atoms with Gasteiger partial charge in [-0.05, 0) is 61.2 Å².